The Hall–Kier alpha value is -0.660. The molecule has 1 aromatic rings. The summed E-state index contributed by atoms with van der Waals surface area (Å²) >= 11 is 5.71. The second-order valence-electron chi connectivity index (χ2n) is 4.44. The van der Waals surface area contributed by atoms with Crippen molar-refractivity contribution in [2.75, 3.05) is 26.2 Å². The van der Waals surface area contributed by atoms with Gasteiger partial charge in [0.1, 0.15) is 0 Å². The predicted molar refractivity (Wildman–Crippen MR) is 73.4 cm³/mol. The zero-order chi connectivity index (χ0) is 13.7. The van der Waals surface area contributed by atoms with Gasteiger partial charge in [0, 0.05) is 11.6 Å². The number of rotatable bonds is 6. The third kappa shape index (κ3) is 4.43. The van der Waals surface area contributed by atoms with Gasteiger partial charge in [-0.25, -0.2) is 8.42 Å². The van der Waals surface area contributed by atoms with Crippen LogP contribution in [0.4, 0.5) is 0 Å². The minimum atomic E-state index is -3.62. The van der Waals surface area contributed by atoms with E-state index in [1.807, 2.05) is 0 Å². The number of nitrogens with one attached hydrogen (secondary N) is 1. The lowest BCUT2D eigenvalue weighted by Gasteiger charge is -2.14. The Balaban J connectivity index is 1.79. The van der Waals surface area contributed by atoms with Crippen molar-refractivity contribution in [3.8, 4) is 0 Å². The fourth-order valence-electron chi connectivity index (χ4n) is 1.96. The van der Waals surface area contributed by atoms with Crippen LogP contribution in [0.15, 0.2) is 29.2 Å². The van der Waals surface area contributed by atoms with Crippen LogP contribution in [-0.2, 0) is 14.9 Å². The van der Waals surface area contributed by atoms with Crippen molar-refractivity contribution in [1.29, 1.82) is 0 Å². The van der Waals surface area contributed by atoms with E-state index in [2.05, 4.69) is 9.79 Å². The standard InChI is InChI=1S/C12H17ClN2O3S/c13-11-3-5-12(6-4-11)19(16,17)14-18-10-9-15-7-1-2-8-15/h3-6,14H,1-2,7-10H2. The summed E-state index contributed by atoms with van der Waals surface area (Å²) in [4.78, 5) is 9.54. The van der Waals surface area contributed by atoms with Crippen LogP contribution in [0.2, 0.25) is 5.02 Å². The number of benzene rings is 1. The molecule has 0 atom stereocenters. The summed E-state index contributed by atoms with van der Waals surface area (Å²) in [5.74, 6) is 0. The van der Waals surface area contributed by atoms with E-state index in [-0.39, 0.29) is 4.90 Å². The highest BCUT2D eigenvalue weighted by Crippen LogP contribution is 2.13. The van der Waals surface area contributed by atoms with Crippen molar-refractivity contribution in [3.63, 3.8) is 0 Å². The first-order valence-electron chi connectivity index (χ1n) is 6.19. The van der Waals surface area contributed by atoms with E-state index in [0.29, 0.717) is 11.6 Å². The molecule has 7 heteroatoms. The minimum Gasteiger partial charge on any atom is -0.301 e. The Morgan fingerprint density at radius 2 is 1.84 bits per heavy atom. The molecule has 5 nitrogen and oxygen atoms in total. The number of nitrogens with zero attached hydrogens (tertiary/aromatic N) is 1. The van der Waals surface area contributed by atoms with E-state index in [1.54, 1.807) is 0 Å². The number of sulfonamides is 1. The van der Waals surface area contributed by atoms with Crippen LogP contribution >= 0.6 is 11.6 Å². The summed E-state index contributed by atoms with van der Waals surface area (Å²) in [5.41, 5.74) is 0. The van der Waals surface area contributed by atoms with Crippen LogP contribution < -0.4 is 4.89 Å². The molecule has 0 unspecified atom stereocenters. The van der Waals surface area contributed by atoms with Crippen molar-refractivity contribution in [2.24, 2.45) is 0 Å². The number of hydrogen-bond donors (Lipinski definition) is 1. The molecule has 0 aliphatic carbocycles. The monoisotopic (exact) mass is 304 g/mol. The molecule has 106 valence electrons. The second-order valence-corrected chi connectivity index (χ2v) is 6.52. The lowest BCUT2D eigenvalue weighted by molar-refractivity contribution is 0.0756. The summed E-state index contributed by atoms with van der Waals surface area (Å²) in [7, 11) is -3.62. The summed E-state index contributed by atoms with van der Waals surface area (Å²) < 4.78 is 23.7. The van der Waals surface area contributed by atoms with Crippen molar-refractivity contribution in [2.45, 2.75) is 17.7 Å². The van der Waals surface area contributed by atoms with Crippen molar-refractivity contribution in [3.05, 3.63) is 29.3 Å². The van der Waals surface area contributed by atoms with E-state index in [4.69, 9.17) is 16.4 Å². The first kappa shape index (κ1) is 14.7. The molecular formula is C12H17ClN2O3S. The Kier molecular flexibility index (Phi) is 5.18. The van der Waals surface area contributed by atoms with Gasteiger partial charge in [-0.1, -0.05) is 16.5 Å². The highest BCUT2D eigenvalue weighted by Gasteiger charge is 2.15. The van der Waals surface area contributed by atoms with Crippen LogP contribution in [0.25, 0.3) is 0 Å². The third-order valence-electron chi connectivity index (χ3n) is 3.00. The summed E-state index contributed by atoms with van der Waals surface area (Å²) in [6.45, 7) is 3.20. The molecule has 0 saturated carbocycles. The highest BCUT2D eigenvalue weighted by atomic mass is 35.5. The molecule has 1 N–H and O–H groups in total. The molecule has 1 aliphatic heterocycles. The van der Waals surface area contributed by atoms with Crippen molar-refractivity contribution in [1.82, 2.24) is 9.79 Å². The van der Waals surface area contributed by atoms with Gasteiger partial charge in [-0.3, -0.25) is 4.84 Å². The van der Waals surface area contributed by atoms with Crippen LogP contribution in [0.1, 0.15) is 12.8 Å². The van der Waals surface area contributed by atoms with Crippen molar-refractivity contribution >= 4 is 21.6 Å². The van der Waals surface area contributed by atoms with Gasteiger partial charge >= 0.3 is 0 Å². The molecule has 0 bridgehead atoms. The molecule has 1 fully saturated rings. The van der Waals surface area contributed by atoms with E-state index in [1.165, 1.54) is 37.1 Å². The zero-order valence-corrected chi connectivity index (χ0v) is 12.1. The van der Waals surface area contributed by atoms with Gasteiger partial charge in [-0.2, -0.15) is 0 Å². The van der Waals surface area contributed by atoms with E-state index >= 15 is 0 Å². The first-order valence-corrected chi connectivity index (χ1v) is 8.05. The van der Waals surface area contributed by atoms with Crippen LogP contribution in [0.5, 0.6) is 0 Å². The molecule has 2 rings (SSSR count). The Labute approximate surface area is 118 Å². The summed E-state index contributed by atoms with van der Waals surface area (Å²) in [5, 5.41) is 0.494. The average Bonchev–Trinajstić information content (AvgIpc) is 2.88. The van der Waals surface area contributed by atoms with Crippen LogP contribution in [0, 0.1) is 0 Å². The zero-order valence-electron chi connectivity index (χ0n) is 10.5. The van der Waals surface area contributed by atoms with E-state index < -0.39 is 10.0 Å². The van der Waals surface area contributed by atoms with Gasteiger partial charge in [0.2, 0.25) is 0 Å². The lowest BCUT2D eigenvalue weighted by Crippen LogP contribution is -2.30. The Bertz CT molecular complexity index is 498. The maximum Gasteiger partial charge on any atom is 0.262 e. The Morgan fingerprint density at radius 3 is 2.47 bits per heavy atom. The van der Waals surface area contributed by atoms with Gasteiger partial charge in [0.05, 0.1) is 11.5 Å². The topological polar surface area (TPSA) is 58.6 Å². The van der Waals surface area contributed by atoms with Gasteiger partial charge in [0.25, 0.3) is 10.0 Å². The van der Waals surface area contributed by atoms with Gasteiger partial charge in [-0.15, -0.1) is 0 Å². The highest BCUT2D eigenvalue weighted by molar-refractivity contribution is 7.89. The second kappa shape index (κ2) is 6.67. The maximum atomic E-state index is 11.8. The van der Waals surface area contributed by atoms with Crippen LogP contribution in [-0.4, -0.2) is 39.6 Å². The molecule has 0 amide bonds. The molecule has 1 heterocycles. The van der Waals surface area contributed by atoms with Gasteiger partial charge in [0.15, 0.2) is 0 Å². The molecule has 1 saturated heterocycles. The van der Waals surface area contributed by atoms with E-state index in [9.17, 15) is 8.42 Å². The third-order valence-corrected chi connectivity index (χ3v) is 4.48. The normalized spacial score (nSPS) is 16.9. The average molecular weight is 305 g/mol. The number of halogens is 1. The molecule has 0 radical (unpaired) electrons. The fraction of sp³-hybridized carbons (Fsp3) is 0.500. The van der Waals surface area contributed by atoms with Gasteiger partial charge in [-0.05, 0) is 50.2 Å². The first-order chi connectivity index (χ1) is 9.08. The quantitative estimate of drug-likeness (QED) is 0.641. The molecule has 19 heavy (non-hydrogen) atoms. The lowest BCUT2D eigenvalue weighted by atomic mass is 10.4. The minimum absolute atomic E-state index is 0.137. The summed E-state index contributed by atoms with van der Waals surface area (Å²) in [6.07, 6.45) is 2.41. The predicted octanol–water partition coefficient (Wildman–Crippen LogP) is 1.65. The molecule has 0 spiro atoms. The van der Waals surface area contributed by atoms with Gasteiger partial charge < -0.3 is 4.90 Å². The molecule has 1 aromatic carbocycles. The molecule has 0 aromatic heterocycles. The molecular weight excluding hydrogens is 288 g/mol. The number of hydrogen-bond acceptors (Lipinski definition) is 4. The Morgan fingerprint density at radius 1 is 1.21 bits per heavy atom. The SMILES string of the molecule is O=S(=O)(NOCCN1CCCC1)c1ccc(Cl)cc1. The fourth-order valence-corrected chi connectivity index (χ4v) is 2.92. The van der Waals surface area contributed by atoms with E-state index in [0.717, 1.165) is 19.6 Å². The molecule has 1 aliphatic rings. The smallest absolute Gasteiger partial charge is 0.262 e. The van der Waals surface area contributed by atoms with Crippen molar-refractivity contribution < 1.29 is 13.3 Å². The number of likely N-dealkylation sites (tertiary alicyclic amines) is 1. The summed E-state index contributed by atoms with van der Waals surface area (Å²) in [6, 6.07) is 5.93. The maximum absolute atomic E-state index is 11.8. The largest absolute Gasteiger partial charge is 0.301 e. The van der Waals surface area contributed by atoms with Crippen LogP contribution in [0.3, 0.4) is 0 Å².